The Balaban J connectivity index is 1.58. The van der Waals surface area contributed by atoms with E-state index in [0.29, 0.717) is 44.7 Å². The van der Waals surface area contributed by atoms with Gasteiger partial charge in [-0.25, -0.2) is 4.98 Å². The molecule has 0 radical (unpaired) electrons. The van der Waals surface area contributed by atoms with Crippen LogP contribution in [0.2, 0.25) is 10.0 Å². The predicted octanol–water partition coefficient (Wildman–Crippen LogP) is 5.21. The molecule has 5 nitrogen and oxygen atoms in total. The van der Waals surface area contributed by atoms with Crippen LogP contribution >= 0.6 is 23.2 Å². The molecule has 1 aliphatic rings. The van der Waals surface area contributed by atoms with E-state index in [1.807, 2.05) is 6.07 Å². The van der Waals surface area contributed by atoms with Crippen LogP contribution in [-0.2, 0) is 11.2 Å². The van der Waals surface area contributed by atoms with Crippen LogP contribution in [0.1, 0.15) is 27.0 Å². The quantitative estimate of drug-likeness (QED) is 0.329. The summed E-state index contributed by atoms with van der Waals surface area (Å²) in [6, 6.07) is 13.7. The lowest BCUT2D eigenvalue weighted by atomic mass is 9.94. The zero-order valence-electron chi connectivity index (χ0n) is 16.9. The number of pyridine rings is 1. The highest BCUT2D eigenvalue weighted by Crippen LogP contribution is 2.29. The number of ether oxygens (including phenoxy) is 1. The standard InChI is InChI=1S/C25H16Cl2N2O3/c1-32-23-10-7-16(14-28-23)4-2-3-15-6-9-22-18(11-15)24(30)19(25(31)29-22)12-17-5-8-20(26)21(27)13-17/h5-14H,4H2,1H3,(H,29,31)/b19-12+. The van der Waals surface area contributed by atoms with E-state index < -0.39 is 5.91 Å². The van der Waals surface area contributed by atoms with E-state index in [1.165, 1.54) is 6.08 Å². The van der Waals surface area contributed by atoms with E-state index in [2.05, 4.69) is 22.1 Å². The number of aromatic nitrogens is 1. The molecule has 1 amide bonds. The molecule has 0 aliphatic carbocycles. The first kappa shape index (κ1) is 21.6. The van der Waals surface area contributed by atoms with Crippen molar-refractivity contribution in [3.8, 4) is 17.7 Å². The number of ketones is 1. The number of nitrogens with one attached hydrogen (secondary N) is 1. The Morgan fingerprint density at radius 2 is 1.91 bits per heavy atom. The molecule has 0 unspecified atom stereocenters. The number of nitrogens with zero attached hydrogens (tertiary/aromatic N) is 1. The molecule has 1 aliphatic heterocycles. The number of amides is 1. The normalized spacial score (nSPS) is 13.8. The second-order valence-corrected chi connectivity index (χ2v) is 7.78. The maximum absolute atomic E-state index is 13.0. The minimum absolute atomic E-state index is 0.0188. The molecule has 2 heterocycles. The van der Waals surface area contributed by atoms with Crippen LogP contribution in [0, 0.1) is 11.8 Å². The lowest BCUT2D eigenvalue weighted by molar-refractivity contribution is -0.112. The number of hydrogen-bond donors (Lipinski definition) is 1. The van der Waals surface area contributed by atoms with Crippen molar-refractivity contribution in [3.63, 3.8) is 0 Å². The van der Waals surface area contributed by atoms with Gasteiger partial charge in [0.2, 0.25) is 11.7 Å². The monoisotopic (exact) mass is 462 g/mol. The molecule has 0 saturated heterocycles. The van der Waals surface area contributed by atoms with Gasteiger partial charge >= 0.3 is 0 Å². The van der Waals surface area contributed by atoms with Gasteiger partial charge in [0.15, 0.2) is 0 Å². The zero-order valence-corrected chi connectivity index (χ0v) is 18.4. The Hall–Kier alpha value is -3.59. The molecule has 7 heteroatoms. The largest absolute Gasteiger partial charge is 0.481 e. The Bertz CT molecular complexity index is 1320. The number of carbonyl (C=O) groups is 2. The van der Waals surface area contributed by atoms with Crippen LogP contribution in [0.3, 0.4) is 0 Å². The third-order valence-electron chi connectivity index (χ3n) is 4.79. The average Bonchev–Trinajstić information content (AvgIpc) is 2.80. The number of Topliss-reactive ketones (excluding diaryl/α,β-unsaturated/α-hetero) is 1. The number of halogens is 2. The van der Waals surface area contributed by atoms with Crippen LogP contribution in [0.4, 0.5) is 5.69 Å². The van der Waals surface area contributed by atoms with E-state index in [4.69, 9.17) is 27.9 Å². The second-order valence-electron chi connectivity index (χ2n) is 6.96. The van der Waals surface area contributed by atoms with E-state index in [1.54, 1.807) is 55.8 Å². The zero-order chi connectivity index (χ0) is 22.7. The van der Waals surface area contributed by atoms with Gasteiger partial charge in [-0.3, -0.25) is 9.59 Å². The van der Waals surface area contributed by atoms with Gasteiger partial charge in [-0.1, -0.05) is 47.2 Å². The first-order valence-corrected chi connectivity index (χ1v) is 10.3. The molecule has 0 atom stereocenters. The molecule has 2 aromatic carbocycles. The number of anilines is 1. The Labute approximate surface area is 195 Å². The fourth-order valence-electron chi connectivity index (χ4n) is 3.14. The van der Waals surface area contributed by atoms with Crippen LogP contribution in [0.15, 0.2) is 60.3 Å². The number of fused-ring (bicyclic) bond motifs is 1. The summed E-state index contributed by atoms with van der Waals surface area (Å²) in [6.07, 6.45) is 3.71. The molecule has 4 rings (SSSR count). The van der Waals surface area contributed by atoms with Crippen LogP contribution < -0.4 is 10.1 Å². The molecule has 32 heavy (non-hydrogen) atoms. The Kier molecular flexibility index (Phi) is 6.27. The van der Waals surface area contributed by atoms with Crippen LogP contribution in [0.5, 0.6) is 5.88 Å². The van der Waals surface area contributed by atoms with E-state index in [-0.39, 0.29) is 11.4 Å². The van der Waals surface area contributed by atoms with Gasteiger partial charge in [0.05, 0.1) is 28.4 Å². The first-order valence-electron chi connectivity index (χ1n) is 9.59. The number of rotatable bonds is 3. The summed E-state index contributed by atoms with van der Waals surface area (Å²) < 4.78 is 5.04. The molecular weight excluding hydrogens is 447 g/mol. The maximum atomic E-state index is 13.0. The lowest BCUT2D eigenvalue weighted by Crippen LogP contribution is -2.27. The average molecular weight is 463 g/mol. The first-order chi connectivity index (χ1) is 15.4. The summed E-state index contributed by atoms with van der Waals surface area (Å²) in [4.78, 5) is 29.7. The third kappa shape index (κ3) is 4.67. The topological polar surface area (TPSA) is 68.3 Å². The summed E-state index contributed by atoms with van der Waals surface area (Å²) >= 11 is 12.0. The van der Waals surface area contributed by atoms with Crippen molar-refractivity contribution in [3.05, 3.63) is 92.6 Å². The summed E-state index contributed by atoms with van der Waals surface area (Å²) in [6.45, 7) is 0. The van der Waals surface area contributed by atoms with E-state index in [9.17, 15) is 9.59 Å². The Morgan fingerprint density at radius 3 is 2.62 bits per heavy atom. The molecule has 0 fully saturated rings. The fraction of sp³-hybridized carbons (Fsp3) is 0.0800. The maximum Gasteiger partial charge on any atom is 0.259 e. The second kappa shape index (κ2) is 9.27. The summed E-state index contributed by atoms with van der Waals surface area (Å²) in [5, 5.41) is 3.49. The van der Waals surface area contributed by atoms with Gasteiger partial charge in [0.1, 0.15) is 0 Å². The molecule has 0 spiro atoms. The summed E-state index contributed by atoms with van der Waals surface area (Å²) in [5.74, 6) is 5.83. The van der Waals surface area contributed by atoms with Gasteiger partial charge in [0, 0.05) is 29.8 Å². The Morgan fingerprint density at radius 1 is 1.06 bits per heavy atom. The molecule has 3 aromatic rings. The van der Waals surface area contributed by atoms with Crippen molar-refractivity contribution in [1.82, 2.24) is 4.98 Å². The van der Waals surface area contributed by atoms with E-state index in [0.717, 1.165) is 5.56 Å². The molecule has 1 N–H and O–H groups in total. The smallest absolute Gasteiger partial charge is 0.259 e. The lowest BCUT2D eigenvalue weighted by Gasteiger charge is -2.18. The predicted molar refractivity (Wildman–Crippen MR) is 125 cm³/mol. The number of benzene rings is 2. The highest BCUT2D eigenvalue weighted by molar-refractivity contribution is 6.42. The van der Waals surface area contributed by atoms with E-state index >= 15 is 0 Å². The molecule has 1 aromatic heterocycles. The van der Waals surface area contributed by atoms with Crippen molar-refractivity contribution in [2.75, 3.05) is 12.4 Å². The number of hydrogen-bond acceptors (Lipinski definition) is 4. The molecule has 158 valence electrons. The van der Waals surface area contributed by atoms with Crippen LogP contribution in [-0.4, -0.2) is 23.8 Å². The van der Waals surface area contributed by atoms with Gasteiger partial charge in [-0.05, 0) is 47.5 Å². The van der Waals surface area contributed by atoms with Gasteiger partial charge < -0.3 is 10.1 Å². The number of methoxy groups -OCH3 is 1. The fourth-order valence-corrected chi connectivity index (χ4v) is 3.45. The highest BCUT2D eigenvalue weighted by Gasteiger charge is 2.28. The highest BCUT2D eigenvalue weighted by atomic mass is 35.5. The van der Waals surface area contributed by atoms with Crippen molar-refractivity contribution >= 4 is 46.7 Å². The number of carbonyl (C=O) groups excluding carboxylic acids is 2. The minimum atomic E-state index is -0.473. The van der Waals surface area contributed by atoms with Crippen molar-refractivity contribution < 1.29 is 14.3 Å². The minimum Gasteiger partial charge on any atom is -0.481 e. The van der Waals surface area contributed by atoms with Crippen LogP contribution in [0.25, 0.3) is 6.08 Å². The van der Waals surface area contributed by atoms with Gasteiger partial charge in [-0.15, -0.1) is 0 Å². The van der Waals surface area contributed by atoms with Crippen molar-refractivity contribution in [2.24, 2.45) is 0 Å². The molecule has 0 saturated carbocycles. The molecule has 0 bridgehead atoms. The third-order valence-corrected chi connectivity index (χ3v) is 5.53. The van der Waals surface area contributed by atoms with Crippen molar-refractivity contribution in [2.45, 2.75) is 6.42 Å². The molecular formula is C25H16Cl2N2O3. The van der Waals surface area contributed by atoms with Gasteiger partial charge in [0.25, 0.3) is 5.91 Å². The summed E-state index contributed by atoms with van der Waals surface area (Å²) in [5.41, 5.74) is 3.08. The SMILES string of the molecule is COc1ccc(CC#Cc2ccc3c(c2)C(=O)/C(=C\c2ccc(Cl)c(Cl)c2)C(=O)N3)cn1. The summed E-state index contributed by atoms with van der Waals surface area (Å²) in [7, 11) is 1.56. The van der Waals surface area contributed by atoms with Crippen molar-refractivity contribution in [1.29, 1.82) is 0 Å². The van der Waals surface area contributed by atoms with Gasteiger partial charge in [-0.2, -0.15) is 0 Å².